The lowest BCUT2D eigenvalue weighted by molar-refractivity contribution is 0.473. The molecule has 0 heterocycles. The van der Waals surface area contributed by atoms with E-state index in [1.165, 1.54) is 12.1 Å². The molecule has 0 radical (unpaired) electrons. The molecule has 0 aliphatic rings. The maximum atomic E-state index is 13.0. The molecule has 0 spiro atoms. The van der Waals surface area contributed by atoms with E-state index in [-0.39, 0.29) is 11.7 Å². The Bertz CT molecular complexity index is 643. The summed E-state index contributed by atoms with van der Waals surface area (Å²) >= 11 is 3.25. The Morgan fingerprint density at radius 1 is 1.21 bits per heavy atom. The average Bonchev–Trinajstić information content (AvgIpc) is 2.34. The van der Waals surface area contributed by atoms with Crippen molar-refractivity contribution in [1.29, 1.82) is 5.41 Å². The van der Waals surface area contributed by atoms with Gasteiger partial charge < -0.3 is 10.5 Å². The van der Waals surface area contributed by atoms with Gasteiger partial charge in [0, 0.05) is 5.56 Å². The summed E-state index contributed by atoms with van der Waals surface area (Å²) in [4.78, 5) is 0. The first-order valence-electron chi connectivity index (χ1n) is 5.55. The highest BCUT2D eigenvalue weighted by Gasteiger charge is 2.07. The van der Waals surface area contributed by atoms with Gasteiger partial charge in [0.05, 0.1) is 4.47 Å². The van der Waals surface area contributed by atoms with Crippen molar-refractivity contribution in [3.63, 3.8) is 0 Å². The van der Waals surface area contributed by atoms with Crippen molar-refractivity contribution < 1.29 is 9.13 Å². The van der Waals surface area contributed by atoms with E-state index in [1.54, 1.807) is 24.3 Å². The van der Waals surface area contributed by atoms with Gasteiger partial charge in [-0.25, -0.2) is 4.39 Å². The molecule has 19 heavy (non-hydrogen) atoms. The first kappa shape index (κ1) is 13.5. The van der Waals surface area contributed by atoms with E-state index in [2.05, 4.69) is 15.9 Å². The summed E-state index contributed by atoms with van der Waals surface area (Å²) in [6.45, 7) is 1.86. The highest BCUT2D eigenvalue weighted by atomic mass is 79.9. The Kier molecular flexibility index (Phi) is 3.85. The second-order valence-electron chi connectivity index (χ2n) is 4.07. The summed E-state index contributed by atoms with van der Waals surface area (Å²) in [7, 11) is 0. The number of nitrogen functional groups attached to an aromatic ring is 1. The van der Waals surface area contributed by atoms with Crippen LogP contribution in [0.5, 0.6) is 11.5 Å². The number of ether oxygens (including phenoxy) is 1. The predicted molar refractivity (Wildman–Crippen MR) is 76.4 cm³/mol. The van der Waals surface area contributed by atoms with Gasteiger partial charge in [0.1, 0.15) is 23.2 Å². The fourth-order valence-corrected chi connectivity index (χ4v) is 2.04. The third-order valence-corrected chi connectivity index (χ3v) is 3.22. The number of rotatable bonds is 3. The van der Waals surface area contributed by atoms with E-state index < -0.39 is 0 Å². The van der Waals surface area contributed by atoms with Crippen LogP contribution in [-0.2, 0) is 0 Å². The van der Waals surface area contributed by atoms with Gasteiger partial charge in [-0.1, -0.05) is 0 Å². The number of amidine groups is 1. The lowest BCUT2D eigenvalue weighted by Crippen LogP contribution is -2.11. The zero-order valence-corrected chi connectivity index (χ0v) is 11.8. The number of benzene rings is 2. The van der Waals surface area contributed by atoms with E-state index in [9.17, 15) is 4.39 Å². The number of nitrogens with one attached hydrogen (secondary N) is 1. The highest BCUT2D eigenvalue weighted by Crippen LogP contribution is 2.32. The Labute approximate surface area is 118 Å². The van der Waals surface area contributed by atoms with E-state index >= 15 is 0 Å². The molecule has 0 saturated carbocycles. The second-order valence-corrected chi connectivity index (χ2v) is 4.93. The number of aryl methyl sites for hydroxylation is 1. The van der Waals surface area contributed by atoms with Gasteiger partial charge in [-0.15, -0.1) is 0 Å². The molecule has 0 unspecified atom stereocenters. The van der Waals surface area contributed by atoms with E-state index in [4.69, 9.17) is 15.9 Å². The summed E-state index contributed by atoms with van der Waals surface area (Å²) in [6, 6.07) is 9.45. The zero-order chi connectivity index (χ0) is 14.0. The van der Waals surface area contributed by atoms with Crippen LogP contribution in [0.15, 0.2) is 40.9 Å². The smallest absolute Gasteiger partial charge is 0.141 e. The normalized spacial score (nSPS) is 10.3. The van der Waals surface area contributed by atoms with Gasteiger partial charge in [-0.05, 0) is 64.8 Å². The quantitative estimate of drug-likeness (QED) is 0.663. The topological polar surface area (TPSA) is 59.1 Å². The molecular weight excluding hydrogens is 311 g/mol. The molecule has 2 rings (SSSR count). The molecule has 0 aliphatic carbocycles. The molecule has 5 heteroatoms. The van der Waals surface area contributed by atoms with Crippen LogP contribution < -0.4 is 10.5 Å². The van der Waals surface area contributed by atoms with Gasteiger partial charge in [0.15, 0.2) is 0 Å². The summed E-state index contributed by atoms with van der Waals surface area (Å²) in [5, 5.41) is 7.37. The van der Waals surface area contributed by atoms with Crippen LogP contribution in [0.1, 0.15) is 11.1 Å². The number of nitrogens with two attached hydrogens (primary N) is 1. The molecule has 0 amide bonds. The van der Waals surface area contributed by atoms with Gasteiger partial charge in [0.25, 0.3) is 0 Å². The van der Waals surface area contributed by atoms with Crippen LogP contribution in [0, 0.1) is 18.2 Å². The maximum Gasteiger partial charge on any atom is 0.141 e. The molecule has 0 saturated heterocycles. The minimum absolute atomic E-state index is 0.0117. The zero-order valence-electron chi connectivity index (χ0n) is 10.2. The average molecular weight is 323 g/mol. The van der Waals surface area contributed by atoms with Crippen molar-refractivity contribution in [2.45, 2.75) is 6.92 Å². The summed E-state index contributed by atoms with van der Waals surface area (Å²) in [6.07, 6.45) is 0. The molecule has 2 aromatic carbocycles. The van der Waals surface area contributed by atoms with Crippen LogP contribution >= 0.6 is 15.9 Å². The molecule has 2 aromatic rings. The molecule has 3 N–H and O–H groups in total. The molecule has 0 aromatic heterocycles. The Morgan fingerprint density at radius 2 is 1.89 bits per heavy atom. The fourth-order valence-electron chi connectivity index (χ4n) is 1.61. The Balaban J connectivity index is 2.31. The first-order chi connectivity index (χ1) is 8.97. The monoisotopic (exact) mass is 322 g/mol. The van der Waals surface area contributed by atoms with Crippen molar-refractivity contribution in [2.75, 3.05) is 0 Å². The van der Waals surface area contributed by atoms with E-state index in [0.717, 1.165) is 5.56 Å². The van der Waals surface area contributed by atoms with E-state index in [1.807, 2.05) is 6.92 Å². The largest absolute Gasteiger partial charge is 0.456 e. The molecule has 0 aliphatic heterocycles. The Hall–Kier alpha value is -1.88. The van der Waals surface area contributed by atoms with E-state index in [0.29, 0.717) is 21.5 Å². The fraction of sp³-hybridized carbons (Fsp3) is 0.0714. The minimum atomic E-state index is -0.331. The summed E-state index contributed by atoms with van der Waals surface area (Å²) in [5.41, 5.74) is 6.91. The standard InChI is InChI=1S/C14H12BrFN2O/c1-8-6-9(14(17)18)2-4-12(8)19-13-5-3-10(16)7-11(13)15/h2-7H,1H3,(H3,17,18). The van der Waals surface area contributed by atoms with Crippen molar-refractivity contribution >= 4 is 21.8 Å². The molecule has 3 nitrogen and oxygen atoms in total. The molecule has 0 fully saturated rings. The lowest BCUT2D eigenvalue weighted by atomic mass is 10.1. The van der Waals surface area contributed by atoms with Gasteiger partial charge in [0.2, 0.25) is 0 Å². The molecular formula is C14H12BrFN2O. The lowest BCUT2D eigenvalue weighted by Gasteiger charge is -2.11. The number of halogens is 2. The summed E-state index contributed by atoms with van der Waals surface area (Å²) in [5.74, 6) is 0.845. The van der Waals surface area contributed by atoms with Crippen LogP contribution in [-0.4, -0.2) is 5.84 Å². The first-order valence-corrected chi connectivity index (χ1v) is 6.34. The van der Waals surface area contributed by atoms with Crippen molar-refractivity contribution in [3.05, 3.63) is 57.8 Å². The van der Waals surface area contributed by atoms with Crippen LogP contribution in [0.2, 0.25) is 0 Å². The number of hydrogen-bond donors (Lipinski definition) is 2. The minimum Gasteiger partial charge on any atom is -0.456 e. The SMILES string of the molecule is Cc1cc(C(=N)N)ccc1Oc1ccc(F)cc1Br. The third-order valence-electron chi connectivity index (χ3n) is 2.60. The van der Waals surface area contributed by atoms with Crippen molar-refractivity contribution in [1.82, 2.24) is 0 Å². The van der Waals surface area contributed by atoms with Gasteiger partial charge in [-0.2, -0.15) is 0 Å². The molecule has 0 atom stereocenters. The van der Waals surface area contributed by atoms with Crippen molar-refractivity contribution in [2.24, 2.45) is 5.73 Å². The molecule has 98 valence electrons. The maximum absolute atomic E-state index is 13.0. The van der Waals surface area contributed by atoms with Crippen molar-refractivity contribution in [3.8, 4) is 11.5 Å². The number of hydrogen-bond acceptors (Lipinski definition) is 2. The highest BCUT2D eigenvalue weighted by molar-refractivity contribution is 9.10. The Morgan fingerprint density at radius 3 is 2.47 bits per heavy atom. The van der Waals surface area contributed by atoms with Gasteiger partial charge >= 0.3 is 0 Å². The van der Waals surface area contributed by atoms with Crippen LogP contribution in [0.4, 0.5) is 4.39 Å². The summed E-state index contributed by atoms with van der Waals surface area (Å²) < 4.78 is 19.2. The molecule has 0 bridgehead atoms. The second kappa shape index (κ2) is 5.40. The van der Waals surface area contributed by atoms with Crippen LogP contribution in [0.3, 0.4) is 0 Å². The van der Waals surface area contributed by atoms with Gasteiger partial charge in [-0.3, -0.25) is 5.41 Å². The third kappa shape index (κ3) is 3.12. The van der Waals surface area contributed by atoms with Crippen LogP contribution in [0.25, 0.3) is 0 Å². The predicted octanol–water partition coefficient (Wildman–Crippen LogP) is 3.97.